The van der Waals surface area contributed by atoms with E-state index in [1.165, 1.54) is 6.07 Å². The fourth-order valence-electron chi connectivity index (χ4n) is 3.66. The van der Waals surface area contributed by atoms with Crippen molar-refractivity contribution < 1.29 is 4.39 Å². The number of aliphatic imine (C=N–C) groups is 1. The number of halogens is 1. The fourth-order valence-corrected chi connectivity index (χ4v) is 3.66. The molecule has 1 unspecified atom stereocenters. The van der Waals surface area contributed by atoms with Crippen molar-refractivity contribution in [2.45, 2.75) is 32.4 Å². The molecule has 0 saturated heterocycles. The van der Waals surface area contributed by atoms with Gasteiger partial charge < -0.3 is 0 Å². The third-order valence-corrected chi connectivity index (χ3v) is 5.11. The molecule has 29 heavy (non-hydrogen) atoms. The van der Waals surface area contributed by atoms with Crippen molar-refractivity contribution in [1.82, 2.24) is 14.8 Å². The molecule has 4 rings (SSSR count). The lowest BCUT2D eigenvalue weighted by Crippen LogP contribution is -2.24. The molecular weight excluding hydrogens is 363 g/mol. The maximum Gasteiger partial charge on any atom is 0.128 e. The molecule has 2 aromatic heterocycles. The van der Waals surface area contributed by atoms with Crippen LogP contribution in [0.2, 0.25) is 0 Å². The summed E-state index contributed by atoms with van der Waals surface area (Å²) in [6, 6.07) is 14.6. The van der Waals surface area contributed by atoms with Gasteiger partial charge in [0.05, 0.1) is 17.9 Å². The van der Waals surface area contributed by atoms with Gasteiger partial charge in [0.2, 0.25) is 0 Å². The van der Waals surface area contributed by atoms with Crippen molar-refractivity contribution >= 4 is 6.21 Å². The lowest BCUT2D eigenvalue weighted by atomic mass is 9.90. The molecular formula is C24H23FN4. The van der Waals surface area contributed by atoms with Crippen LogP contribution in [0.15, 0.2) is 77.8 Å². The first-order valence-corrected chi connectivity index (χ1v) is 9.60. The predicted molar refractivity (Wildman–Crippen MR) is 114 cm³/mol. The number of benzene rings is 1. The van der Waals surface area contributed by atoms with Gasteiger partial charge in [-0.2, -0.15) is 5.10 Å². The molecule has 5 heteroatoms. The molecule has 1 atom stereocenters. The third-order valence-electron chi connectivity index (χ3n) is 5.11. The molecule has 0 amide bonds. The van der Waals surface area contributed by atoms with E-state index in [4.69, 9.17) is 10.1 Å². The second-order valence-electron chi connectivity index (χ2n) is 7.57. The minimum Gasteiger partial charge on any atom is -0.280 e. The molecule has 0 radical (unpaired) electrons. The van der Waals surface area contributed by atoms with Gasteiger partial charge in [-0.3, -0.25) is 14.7 Å². The topological polar surface area (TPSA) is 43.1 Å². The average Bonchev–Trinajstić information content (AvgIpc) is 3.03. The van der Waals surface area contributed by atoms with Crippen molar-refractivity contribution in [3.8, 4) is 11.4 Å². The first kappa shape index (κ1) is 19.0. The smallest absolute Gasteiger partial charge is 0.128 e. The van der Waals surface area contributed by atoms with Crippen LogP contribution in [0.5, 0.6) is 0 Å². The minimum atomic E-state index is -0.555. The summed E-state index contributed by atoms with van der Waals surface area (Å²) in [5, 5.41) is 4.80. The number of hydrogen-bond donors (Lipinski definition) is 0. The quantitative estimate of drug-likeness (QED) is 0.615. The summed E-state index contributed by atoms with van der Waals surface area (Å²) in [5.41, 5.74) is 4.37. The monoisotopic (exact) mass is 386 g/mol. The zero-order valence-corrected chi connectivity index (χ0v) is 16.6. The van der Waals surface area contributed by atoms with Crippen LogP contribution >= 0.6 is 0 Å². The van der Waals surface area contributed by atoms with Crippen LogP contribution in [-0.4, -0.2) is 21.0 Å². The number of allylic oxidation sites excluding steroid dienone is 2. The molecule has 0 N–H and O–H groups in total. The summed E-state index contributed by atoms with van der Waals surface area (Å²) < 4.78 is 16.2. The van der Waals surface area contributed by atoms with Gasteiger partial charge in [0.15, 0.2) is 0 Å². The molecule has 3 heterocycles. The van der Waals surface area contributed by atoms with Gasteiger partial charge in [-0.25, -0.2) is 4.39 Å². The van der Waals surface area contributed by atoms with E-state index in [0.717, 1.165) is 28.3 Å². The van der Waals surface area contributed by atoms with Crippen LogP contribution < -0.4 is 0 Å². The van der Waals surface area contributed by atoms with Gasteiger partial charge >= 0.3 is 0 Å². The summed E-state index contributed by atoms with van der Waals surface area (Å²) in [5.74, 6) is -0.246. The third kappa shape index (κ3) is 3.94. The molecule has 0 bridgehead atoms. The number of rotatable bonds is 4. The van der Waals surface area contributed by atoms with E-state index < -0.39 is 5.54 Å². The van der Waals surface area contributed by atoms with Gasteiger partial charge in [0.1, 0.15) is 17.1 Å². The van der Waals surface area contributed by atoms with Crippen molar-refractivity contribution in [3.05, 3.63) is 95.6 Å². The first-order chi connectivity index (χ1) is 13.9. The van der Waals surface area contributed by atoms with Crippen LogP contribution in [0, 0.1) is 12.7 Å². The Balaban J connectivity index is 1.84. The van der Waals surface area contributed by atoms with E-state index in [-0.39, 0.29) is 5.82 Å². The van der Waals surface area contributed by atoms with Crippen LogP contribution in [0.25, 0.3) is 11.4 Å². The lowest BCUT2D eigenvalue weighted by molar-refractivity contribution is 0.444. The average molecular weight is 386 g/mol. The Labute approximate surface area is 170 Å². The van der Waals surface area contributed by atoms with Crippen LogP contribution in [-0.2, 0) is 12.1 Å². The van der Waals surface area contributed by atoms with Crippen LogP contribution in [0.1, 0.15) is 30.3 Å². The molecule has 1 aliphatic rings. The molecule has 146 valence electrons. The van der Waals surface area contributed by atoms with Crippen LogP contribution in [0.3, 0.4) is 0 Å². The summed E-state index contributed by atoms with van der Waals surface area (Å²) >= 11 is 0. The Morgan fingerprint density at radius 1 is 1.14 bits per heavy atom. The maximum absolute atomic E-state index is 14.3. The van der Waals surface area contributed by atoms with E-state index in [1.54, 1.807) is 18.3 Å². The highest BCUT2D eigenvalue weighted by Gasteiger charge is 2.32. The minimum absolute atomic E-state index is 0.246. The second kappa shape index (κ2) is 7.59. The summed E-state index contributed by atoms with van der Waals surface area (Å²) in [7, 11) is 0. The second-order valence-corrected chi connectivity index (χ2v) is 7.57. The van der Waals surface area contributed by atoms with E-state index in [2.05, 4.69) is 18.5 Å². The fraction of sp³-hybridized carbons (Fsp3) is 0.208. The molecule has 1 aliphatic heterocycles. The van der Waals surface area contributed by atoms with E-state index in [1.807, 2.05) is 54.1 Å². The highest BCUT2D eigenvalue weighted by molar-refractivity contribution is 5.73. The number of hydrogen-bond acceptors (Lipinski definition) is 3. The van der Waals surface area contributed by atoms with E-state index in [9.17, 15) is 4.39 Å². The van der Waals surface area contributed by atoms with E-state index >= 15 is 0 Å². The lowest BCUT2D eigenvalue weighted by Gasteiger charge is -2.26. The van der Waals surface area contributed by atoms with E-state index in [0.29, 0.717) is 18.5 Å². The summed E-state index contributed by atoms with van der Waals surface area (Å²) in [6.07, 6.45) is 6.32. The van der Waals surface area contributed by atoms with Crippen molar-refractivity contribution in [1.29, 1.82) is 0 Å². The molecule has 0 spiro atoms. The molecule has 3 aromatic rings. The molecule has 4 nitrogen and oxygen atoms in total. The predicted octanol–water partition coefficient (Wildman–Crippen LogP) is 5.24. The Bertz CT molecular complexity index is 1130. The first-order valence-electron chi connectivity index (χ1n) is 9.60. The summed E-state index contributed by atoms with van der Waals surface area (Å²) in [6.45, 7) is 8.46. The summed E-state index contributed by atoms with van der Waals surface area (Å²) in [4.78, 5) is 9.38. The zero-order valence-electron chi connectivity index (χ0n) is 16.6. The van der Waals surface area contributed by atoms with Crippen molar-refractivity contribution in [3.63, 3.8) is 0 Å². The zero-order chi connectivity index (χ0) is 20.4. The number of nitrogens with zero attached hydrogens (tertiary/aromatic N) is 4. The Kier molecular flexibility index (Phi) is 4.97. The van der Waals surface area contributed by atoms with Crippen LogP contribution in [0.4, 0.5) is 4.39 Å². The standard InChI is InChI=1S/C24H23FN4/c1-17-8-7-13-26-24(3,15-17)23-14-22(21-12-6-9-18(2)27-21)28-29(23)16-19-10-4-5-11-20(19)25/h4-14H,1,15-16H2,2-3H3. The Morgan fingerprint density at radius 3 is 2.76 bits per heavy atom. The van der Waals surface area contributed by atoms with Gasteiger partial charge in [-0.15, -0.1) is 0 Å². The Morgan fingerprint density at radius 2 is 1.97 bits per heavy atom. The Hall–Kier alpha value is -3.34. The van der Waals surface area contributed by atoms with Gasteiger partial charge in [0.25, 0.3) is 0 Å². The highest BCUT2D eigenvalue weighted by Crippen LogP contribution is 2.36. The van der Waals surface area contributed by atoms with Gasteiger partial charge in [-0.1, -0.05) is 42.5 Å². The largest absolute Gasteiger partial charge is 0.280 e. The number of aryl methyl sites for hydroxylation is 1. The molecule has 0 fully saturated rings. The van der Waals surface area contributed by atoms with Gasteiger partial charge in [-0.05, 0) is 44.2 Å². The molecule has 0 saturated carbocycles. The normalized spacial score (nSPS) is 18.8. The highest BCUT2D eigenvalue weighted by atomic mass is 19.1. The molecule has 0 aliphatic carbocycles. The molecule has 1 aromatic carbocycles. The van der Waals surface area contributed by atoms with Gasteiger partial charge in [0, 0.05) is 23.9 Å². The SMILES string of the molecule is C=C1C=CC=NC(C)(c2cc(-c3cccc(C)n3)nn2Cc2ccccc2F)C1. The van der Waals surface area contributed by atoms with Crippen molar-refractivity contribution in [2.75, 3.05) is 0 Å². The number of aromatic nitrogens is 3. The maximum atomic E-state index is 14.3. The van der Waals surface area contributed by atoms with Crippen molar-refractivity contribution in [2.24, 2.45) is 4.99 Å². The number of pyridine rings is 1.